The van der Waals surface area contributed by atoms with Gasteiger partial charge in [-0.2, -0.15) is 0 Å². The number of fused-ring (bicyclic) bond motifs is 3. The van der Waals surface area contributed by atoms with Gasteiger partial charge in [-0.05, 0) is 34.4 Å². The molecule has 0 unspecified atom stereocenters. The van der Waals surface area contributed by atoms with Gasteiger partial charge in [0.1, 0.15) is 6.61 Å². The van der Waals surface area contributed by atoms with Crippen molar-refractivity contribution in [3.8, 4) is 23.0 Å². The molecule has 0 saturated carbocycles. The van der Waals surface area contributed by atoms with E-state index in [0.717, 1.165) is 0 Å². The molecular weight excluding hydrogens is 453 g/mol. The van der Waals surface area contributed by atoms with Gasteiger partial charge in [0.05, 0.1) is 10.0 Å². The first-order valence-corrected chi connectivity index (χ1v) is 10.9. The Morgan fingerprint density at radius 1 is 0.968 bits per heavy atom. The van der Waals surface area contributed by atoms with Gasteiger partial charge in [0.2, 0.25) is 0 Å². The Balaban J connectivity index is 1.30. The molecule has 0 radical (unpaired) electrons. The van der Waals surface area contributed by atoms with Crippen LogP contribution in [0.2, 0.25) is 15.1 Å². The molecule has 0 atom stereocenters. The average molecular weight is 471 g/mol. The van der Waals surface area contributed by atoms with E-state index >= 15 is 0 Å². The maximum atomic E-state index is 12.2. The molecule has 1 N–H and O–H groups in total. The van der Waals surface area contributed by atoms with Crippen molar-refractivity contribution in [3.05, 3.63) is 92.4 Å². The highest BCUT2D eigenvalue weighted by Gasteiger charge is 2.28. The number of hydrogen-bond donors (Lipinski definition) is 1. The predicted molar refractivity (Wildman–Crippen MR) is 126 cm³/mol. The number of amides is 1. The summed E-state index contributed by atoms with van der Waals surface area (Å²) in [6.45, 7) is 0.637. The zero-order valence-electron chi connectivity index (χ0n) is 16.4. The molecule has 0 bridgehead atoms. The molecule has 0 aliphatic heterocycles. The molecule has 31 heavy (non-hydrogen) atoms. The van der Waals surface area contributed by atoms with Gasteiger partial charge in [0.15, 0.2) is 0 Å². The minimum atomic E-state index is -0.465. The van der Waals surface area contributed by atoms with Crippen LogP contribution in [0.1, 0.15) is 29.0 Å². The standard InChI is InChI=1S/C25H18Cl3NO2/c26-17-13-16(24(28)23(27)14-17)7-5-6-12-29-25(30)31-15-22-20-10-3-1-8-18(20)19-9-2-4-11-21(19)22/h1-4,8-11,13-14,22H,6,12,15H2,(H,29,30). The molecule has 0 aromatic heterocycles. The van der Waals surface area contributed by atoms with Gasteiger partial charge < -0.3 is 10.1 Å². The minimum absolute atomic E-state index is 0.0349. The second kappa shape index (κ2) is 9.66. The number of alkyl carbamates (subject to hydrolysis) is 1. The van der Waals surface area contributed by atoms with E-state index in [-0.39, 0.29) is 12.5 Å². The normalized spacial score (nSPS) is 11.8. The summed E-state index contributed by atoms with van der Waals surface area (Å²) in [6.07, 6.45) is -0.0301. The fourth-order valence-corrected chi connectivity index (χ4v) is 4.33. The number of carbonyl (C=O) groups is 1. The SMILES string of the molecule is O=C(NCCC#Cc1cc(Cl)cc(Cl)c1Cl)OCC1c2ccccc2-c2ccccc21. The first-order valence-electron chi connectivity index (χ1n) is 9.77. The first-order chi connectivity index (χ1) is 15.0. The summed E-state index contributed by atoms with van der Waals surface area (Å²) in [7, 11) is 0. The maximum absolute atomic E-state index is 12.2. The summed E-state index contributed by atoms with van der Waals surface area (Å²) in [4.78, 5) is 12.2. The van der Waals surface area contributed by atoms with Crippen molar-refractivity contribution in [2.24, 2.45) is 0 Å². The Morgan fingerprint density at radius 2 is 1.61 bits per heavy atom. The molecule has 0 saturated heterocycles. The van der Waals surface area contributed by atoms with E-state index in [1.54, 1.807) is 12.1 Å². The summed E-state index contributed by atoms with van der Waals surface area (Å²) < 4.78 is 5.50. The molecule has 4 rings (SSSR count). The number of hydrogen-bond acceptors (Lipinski definition) is 2. The lowest BCUT2D eigenvalue weighted by Crippen LogP contribution is -2.26. The van der Waals surface area contributed by atoms with Crippen molar-refractivity contribution >= 4 is 40.9 Å². The van der Waals surface area contributed by atoms with E-state index in [1.165, 1.54) is 22.3 Å². The fraction of sp³-hybridized carbons (Fsp3) is 0.160. The third-order valence-corrected chi connectivity index (χ3v) is 6.10. The fourth-order valence-electron chi connectivity index (χ4n) is 3.68. The maximum Gasteiger partial charge on any atom is 0.407 e. The second-order valence-corrected chi connectivity index (χ2v) is 8.27. The highest BCUT2D eigenvalue weighted by molar-refractivity contribution is 6.43. The number of ether oxygens (including phenoxy) is 1. The quantitative estimate of drug-likeness (QED) is 0.255. The van der Waals surface area contributed by atoms with E-state index in [0.29, 0.717) is 33.6 Å². The van der Waals surface area contributed by atoms with Crippen LogP contribution in [0.5, 0.6) is 0 Å². The molecule has 3 nitrogen and oxygen atoms in total. The lowest BCUT2D eigenvalue weighted by molar-refractivity contribution is 0.143. The number of benzene rings is 3. The van der Waals surface area contributed by atoms with Crippen LogP contribution in [0.15, 0.2) is 60.7 Å². The highest BCUT2D eigenvalue weighted by atomic mass is 35.5. The molecule has 0 heterocycles. The van der Waals surface area contributed by atoms with Crippen molar-refractivity contribution < 1.29 is 9.53 Å². The van der Waals surface area contributed by atoms with Crippen molar-refractivity contribution in [2.75, 3.05) is 13.2 Å². The van der Waals surface area contributed by atoms with Crippen LogP contribution in [0, 0.1) is 11.8 Å². The highest BCUT2D eigenvalue weighted by Crippen LogP contribution is 2.44. The van der Waals surface area contributed by atoms with Crippen LogP contribution < -0.4 is 5.32 Å². The zero-order chi connectivity index (χ0) is 21.8. The molecule has 0 fully saturated rings. The minimum Gasteiger partial charge on any atom is -0.449 e. The van der Waals surface area contributed by atoms with Gasteiger partial charge in [-0.15, -0.1) is 0 Å². The van der Waals surface area contributed by atoms with E-state index in [9.17, 15) is 4.79 Å². The van der Waals surface area contributed by atoms with E-state index in [2.05, 4.69) is 41.4 Å². The third-order valence-electron chi connectivity index (χ3n) is 5.08. The van der Waals surface area contributed by atoms with Gasteiger partial charge in [0.25, 0.3) is 0 Å². The smallest absolute Gasteiger partial charge is 0.407 e. The second-order valence-electron chi connectivity index (χ2n) is 7.05. The summed E-state index contributed by atoms with van der Waals surface area (Å²) >= 11 is 18.1. The Morgan fingerprint density at radius 3 is 2.29 bits per heavy atom. The largest absolute Gasteiger partial charge is 0.449 e. The molecular formula is C25H18Cl3NO2. The predicted octanol–water partition coefficient (Wildman–Crippen LogP) is 6.93. The number of nitrogens with one attached hydrogen (secondary N) is 1. The molecule has 3 aromatic rings. The number of carbonyl (C=O) groups excluding carboxylic acids is 1. The summed E-state index contributed by atoms with van der Waals surface area (Å²) in [5.41, 5.74) is 5.31. The van der Waals surface area contributed by atoms with Gasteiger partial charge >= 0.3 is 6.09 Å². The molecule has 156 valence electrons. The molecule has 1 amide bonds. The summed E-state index contributed by atoms with van der Waals surface area (Å²) in [6, 6.07) is 19.7. The van der Waals surface area contributed by atoms with E-state index < -0.39 is 6.09 Å². The van der Waals surface area contributed by atoms with Gasteiger partial charge in [0, 0.05) is 29.5 Å². The van der Waals surface area contributed by atoms with Crippen LogP contribution in [0.4, 0.5) is 4.79 Å². The topological polar surface area (TPSA) is 38.3 Å². The van der Waals surface area contributed by atoms with Gasteiger partial charge in [-0.25, -0.2) is 4.79 Å². The Kier molecular flexibility index (Phi) is 6.73. The molecule has 1 aliphatic carbocycles. The lowest BCUT2D eigenvalue weighted by Gasteiger charge is -2.14. The third kappa shape index (κ3) is 4.83. The van der Waals surface area contributed by atoms with Crippen molar-refractivity contribution in [3.63, 3.8) is 0 Å². The zero-order valence-corrected chi connectivity index (χ0v) is 18.7. The van der Waals surface area contributed by atoms with Crippen molar-refractivity contribution in [2.45, 2.75) is 12.3 Å². The molecule has 0 spiro atoms. The van der Waals surface area contributed by atoms with Gasteiger partial charge in [-0.3, -0.25) is 0 Å². The van der Waals surface area contributed by atoms with Crippen LogP contribution in [-0.2, 0) is 4.74 Å². The van der Waals surface area contributed by atoms with Crippen LogP contribution >= 0.6 is 34.8 Å². The lowest BCUT2D eigenvalue weighted by atomic mass is 9.98. The molecule has 6 heteroatoms. The van der Waals surface area contributed by atoms with Crippen LogP contribution in [-0.4, -0.2) is 19.2 Å². The van der Waals surface area contributed by atoms with Crippen LogP contribution in [0.3, 0.4) is 0 Å². The van der Waals surface area contributed by atoms with E-state index in [4.69, 9.17) is 39.5 Å². The Labute approximate surface area is 196 Å². The number of halogens is 3. The van der Waals surface area contributed by atoms with Crippen molar-refractivity contribution in [1.29, 1.82) is 0 Å². The number of rotatable bonds is 4. The van der Waals surface area contributed by atoms with E-state index in [1.807, 2.05) is 24.3 Å². The Bertz CT molecular complexity index is 1150. The Hall–Kier alpha value is -2.64. The van der Waals surface area contributed by atoms with Crippen molar-refractivity contribution in [1.82, 2.24) is 5.32 Å². The van der Waals surface area contributed by atoms with Gasteiger partial charge in [-0.1, -0.05) is 95.2 Å². The first kappa shape index (κ1) is 21.6. The molecule has 1 aliphatic rings. The summed E-state index contributed by atoms with van der Waals surface area (Å²) in [5, 5.41) is 3.92. The summed E-state index contributed by atoms with van der Waals surface area (Å²) in [5.74, 6) is 5.91. The van der Waals surface area contributed by atoms with Crippen LogP contribution in [0.25, 0.3) is 11.1 Å². The molecule has 3 aromatic carbocycles. The monoisotopic (exact) mass is 469 g/mol. The average Bonchev–Trinajstić information content (AvgIpc) is 3.09.